The van der Waals surface area contributed by atoms with E-state index < -0.39 is 28.5 Å². The fourth-order valence-electron chi connectivity index (χ4n) is 6.85. The van der Waals surface area contributed by atoms with Crippen LogP contribution in [0.5, 0.6) is 5.75 Å². The molecule has 2 aromatic carbocycles. The van der Waals surface area contributed by atoms with Crippen molar-refractivity contribution in [3.8, 4) is 5.75 Å². The van der Waals surface area contributed by atoms with Gasteiger partial charge in [-0.2, -0.15) is 0 Å². The number of aliphatic hydroxyl groups is 1. The van der Waals surface area contributed by atoms with Crippen LogP contribution in [0.25, 0.3) is 0 Å². The molecule has 0 unspecified atom stereocenters. The van der Waals surface area contributed by atoms with Crippen LogP contribution in [0.2, 0.25) is 5.02 Å². The van der Waals surface area contributed by atoms with E-state index in [0.29, 0.717) is 16.5 Å². The van der Waals surface area contributed by atoms with Gasteiger partial charge in [-0.15, -0.1) is 0 Å². The summed E-state index contributed by atoms with van der Waals surface area (Å²) in [6, 6.07) is 19.1. The van der Waals surface area contributed by atoms with E-state index in [0.717, 1.165) is 15.6 Å². The molecule has 168 valence electrons. The van der Waals surface area contributed by atoms with Gasteiger partial charge in [0.15, 0.2) is 11.2 Å². The zero-order valence-electron chi connectivity index (χ0n) is 18.0. The number of rotatable bonds is 3. The first-order valence-electron chi connectivity index (χ1n) is 10.8. The van der Waals surface area contributed by atoms with Gasteiger partial charge >= 0.3 is 5.97 Å². The van der Waals surface area contributed by atoms with Crippen molar-refractivity contribution in [1.29, 1.82) is 0 Å². The van der Waals surface area contributed by atoms with Crippen molar-refractivity contribution >= 4 is 33.5 Å². The number of methoxy groups -OCH3 is 1. The summed E-state index contributed by atoms with van der Waals surface area (Å²) in [5, 5.41) is 13.1. The smallest absolute Gasteiger partial charge is 0.313 e. The highest BCUT2D eigenvalue weighted by Gasteiger charge is 2.93. The highest BCUT2D eigenvalue weighted by atomic mass is 79.9. The zero-order chi connectivity index (χ0) is 23.2. The number of esters is 1. The Kier molecular flexibility index (Phi) is 4.36. The highest BCUT2D eigenvalue weighted by molar-refractivity contribution is 9.10. The average Bonchev–Trinajstić information content (AvgIpc) is 3.25. The molecule has 2 aliphatic carbocycles. The van der Waals surface area contributed by atoms with Gasteiger partial charge in [-0.05, 0) is 29.2 Å². The van der Waals surface area contributed by atoms with Crippen LogP contribution in [-0.2, 0) is 20.7 Å². The number of ether oxygens (including phenoxy) is 2. The predicted octanol–water partition coefficient (Wildman–Crippen LogP) is 5.20. The lowest BCUT2D eigenvalue weighted by atomic mass is 9.66. The Labute approximate surface area is 204 Å². The Bertz CT molecular complexity index is 1290. The van der Waals surface area contributed by atoms with Gasteiger partial charge in [0.25, 0.3) is 0 Å². The molecular weight excluding hydrogens is 506 g/mol. The molecule has 33 heavy (non-hydrogen) atoms. The Balaban J connectivity index is 1.72. The molecular formula is C26H21BrClNO4. The second kappa shape index (κ2) is 6.81. The maximum Gasteiger partial charge on any atom is 0.313 e. The fourth-order valence-corrected chi connectivity index (χ4v) is 7.26. The lowest BCUT2D eigenvalue weighted by Crippen LogP contribution is -2.52. The third-order valence-corrected chi connectivity index (χ3v) is 8.69. The number of hydrogen-bond donors (Lipinski definition) is 1. The molecule has 2 heterocycles. The normalized spacial score (nSPS) is 35.2. The number of nitrogens with zero attached hydrogens (tertiary/aromatic N) is 1. The summed E-state index contributed by atoms with van der Waals surface area (Å²) in [6.45, 7) is 1.99. The van der Waals surface area contributed by atoms with Crippen LogP contribution in [0.15, 0.2) is 71.3 Å². The van der Waals surface area contributed by atoms with E-state index in [1.807, 2.05) is 61.5 Å². The van der Waals surface area contributed by atoms with Crippen LogP contribution in [-0.4, -0.2) is 23.2 Å². The third kappa shape index (κ3) is 2.32. The van der Waals surface area contributed by atoms with Crippen LogP contribution in [0.4, 0.5) is 0 Å². The number of hydrogen-bond acceptors (Lipinski definition) is 5. The zero-order valence-corrected chi connectivity index (χ0v) is 20.3. The minimum Gasteiger partial charge on any atom is -0.476 e. The predicted molar refractivity (Wildman–Crippen MR) is 126 cm³/mol. The number of aromatic nitrogens is 1. The summed E-state index contributed by atoms with van der Waals surface area (Å²) in [6.07, 6.45) is 1.52. The number of fused-ring (bicyclic) bond motifs is 5. The SMILES string of the molecule is COC(=O)[C@@]12[C@H](C)[C@@H]1[C@@]1(O)c3ncc(Cl)cc3O[C@@]1(c1ccc(Br)cc1)[C@@H]2c1ccccc1. The third-order valence-electron chi connectivity index (χ3n) is 7.96. The molecule has 0 amide bonds. The summed E-state index contributed by atoms with van der Waals surface area (Å²) in [5.41, 5.74) is -1.74. The van der Waals surface area contributed by atoms with Crippen LogP contribution < -0.4 is 4.74 Å². The van der Waals surface area contributed by atoms with Gasteiger partial charge in [0.05, 0.1) is 17.5 Å². The molecule has 1 N–H and O–H groups in total. The first-order valence-corrected chi connectivity index (χ1v) is 12.0. The van der Waals surface area contributed by atoms with Crippen LogP contribution in [0.1, 0.15) is 29.7 Å². The van der Waals surface area contributed by atoms with Crippen molar-refractivity contribution < 1.29 is 19.4 Å². The van der Waals surface area contributed by atoms with Crippen LogP contribution in [0.3, 0.4) is 0 Å². The van der Waals surface area contributed by atoms with Crippen molar-refractivity contribution in [1.82, 2.24) is 4.98 Å². The van der Waals surface area contributed by atoms with E-state index in [-0.39, 0.29) is 11.9 Å². The molecule has 6 rings (SSSR count). The molecule has 5 nitrogen and oxygen atoms in total. The van der Waals surface area contributed by atoms with Gasteiger partial charge in [-0.3, -0.25) is 9.78 Å². The maximum atomic E-state index is 13.5. The summed E-state index contributed by atoms with van der Waals surface area (Å²) >= 11 is 9.77. The van der Waals surface area contributed by atoms with Crippen molar-refractivity contribution in [3.05, 3.63) is 93.2 Å². The number of carbonyl (C=O) groups excluding carboxylic acids is 1. The van der Waals surface area contributed by atoms with Crippen LogP contribution >= 0.6 is 27.5 Å². The average molecular weight is 527 g/mol. The summed E-state index contributed by atoms with van der Waals surface area (Å²) in [4.78, 5) is 18.0. The maximum absolute atomic E-state index is 13.5. The minimum absolute atomic E-state index is 0.143. The second-order valence-corrected chi connectivity index (χ2v) is 10.5. The van der Waals surface area contributed by atoms with Gasteiger partial charge in [0.1, 0.15) is 11.4 Å². The highest BCUT2D eigenvalue weighted by Crippen LogP contribution is 2.86. The number of pyridine rings is 1. The van der Waals surface area contributed by atoms with Crippen molar-refractivity contribution in [3.63, 3.8) is 0 Å². The topological polar surface area (TPSA) is 68.7 Å². The van der Waals surface area contributed by atoms with Gasteiger partial charge in [0.2, 0.25) is 0 Å². The van der Waals surface area contributed by atoms with E-state index in [4.69, 9.17) is 21.1 Å². The monoisotopic (exact) mass is 525 g/mol. The molecule has 1 aliphatic heterocycles. The number of benzene rings is 2. The lowest BCUT2D eigenvalue weighted by Gasteiger charge is -2.44. The van der Waals surface area contributed by atoms with Crippen molar-refractivity contribution in [2.45, 2.75) is 24.0 Å². The quantitative estimate of drug-likeness (QED) is 0.476. The molecule has 0 bridgehead atoms. The Morgan fingerprint density at radius 3 is 2.55 bits per heavy atom. The van der Waals surface area contributed by atoms with E-state index >= 15 is 0 Å². The lowest BCUT2D eigenvalue weighted by molar-refractivity contribution is -0.152. The standard InChI is InChI=1S/C26H21BrClNO4/c1-14-20-24(14,23(30)32-2)21(15-6-4-3-5-7-15)26(16-8-10-17(27)11-9-16)25(20,31)22-19(33-26)12-18(28)13-29-22/h3-14,20-21,31H,1-2H3/t14-,20+,21-,24+,25-,26+/m1/s1. The number of carbonyl (C=O) groups is 1. The molecule has 3 aliphatic rings. The largest absolute Gasteiger partial charge is 0.476 e. The molecule has 3 aromatic rings. The van der Waals surface area contributed by atoms with Crippen molar-refractivity contribution in [2.75, 3.05) is 7.11 Å². The molecule has 2 fully saturated rings. The van der Waals surface area contributed by atoms with E-state index in [1.165, 1.54) is 13.3 Å². The summed E-state index contributed by atoms with van der Waals surface area (Å²) in [7, 11) is 1.40. The van der Waals surface area contributed by atoms with Gasteiger partial charge in [-0.1, -0.05) is 76.9 Å². The van der Waals surface area contributed by atoms with E-state index in [1.54, 1.807) is 6.07 Å². The van der Waals surface area contributed by atoms with Crippen LogP contribution in [0, 0.1) is 17.3 Å². The Morgan fingerprint density at radius 1 is 1.18 bits per heavy atom. The van der Waals surface area contributed by atoms with E-state index in [9.17, 15) is 9.90 Å². The van der Waals surface area contributed by atoms with Crippen molar-refractivity contribution in [2.24, 2.45) is 17.3 Å². The molecule has 0 saturated heterocycles. The molecule has 0 spiro atoms. The van der Waals surface area contributed by atoms with Gasteiger partial charge in [-0.25, -0.2) is 0 Å². The molecule has 1 aromatic heterocycles. The minimum atomic E-state index is -1.56. The van der Waals surface area contributed by atoms with Gasteiger partial charge in [0, 0.05) is 28.6 Å². The Morgan fingerprint density at radius 2 is 1.88 bits per heavy atom. The molecule has 7 heteroatoms. The Hall–Kier alpha value is -2.41. The molecule has 2 saturated carbocycles. The van der Waals surface area contributed by atoms with E-state index in [2.05, 4.69) is 20.9 Å². The summed E-state index contributed by atoms with van der Waals surface area (Å²) in [5.74, 6) is -1.01. The van der Waals surface area contributed by atoms with Gasteiger partial charge < -0.3 is 14.6 Å². The molecule has 0 radical (unpaired) electrons. The first-order chi connectivity index (χ1) is 15.8. The number of halogens is 2. The first kappa shape index (κ1) is 21.1. The molecule has 6 atom stereocenters. The second-order valence-electron chi connectivity index (χ2n) is 9.15. The fraction of sp³-hybridized carbons (Fsp3) is 0.308. The summed E-state index contributed by atoms with van der Waals surface area (Å²) < 4.78 is 13.0.